The van der Waals surface area contributed by atoms with Crippen LogP contribution in [0.2, 0.25) is 0 Å². The van der Waals surface area contributed by atoms with Crippen LogP contribution in [0, 0.1) is 13.8 Å². The Bertz CT molecular complexity index is 617. The fourth-order valence-corrected chi connectivity index (χ4v) is 4.98. The number of carboxylic acid groups (broad SMARTS) is 1. The molecule has 0 saturated carbocycles. The average molecular weight is 401 g/mol. The maximum atomic E-state index is 11.8. The summed E-state index contributed by atoms with van der Waals surface area (Å²) in [6.45, 7) is 4.23. The highest BCUT2D eigenvalue weighted by Crippen LogP contribution is 2.26. The van der Waals surface area contributed by atoms with E-state index in [1.165, 1.54) is 119 Å². The lowest BCUT2D eigenvalue weighted by molar-refractivity contribution is 0.0696. The number of rotatable bonds is 1. The molecule has 2 nitrogen and oxygen atoms in total. The normalized spacial score (nSPS) is 19.2. The van der Waals surface area contributed by atoms with Gasteiger partial charge in [-0.25, -0.2) is 4.79 Å². The van der Waals surface area contributed by atoms with E-state index in [0.717, 1.165) is 18.4 Å². The van der Waals surface area contributed by atoms with E-state index >= 15 is 0 Å². The summed E-state index contributed by atoms with van der Waals surface area (Å²) in [5.41, 5.74) is 5.47. The van der Waals surface area contributed by atoms with Gasteiger partial charge in [-0.15, -0.1) is 0 Å². The molecule has 0 aromatic heterocycles. The summed E-state index contributed by atoms with van der Waals surface area (Å²) in [5.74, 6) is -0.768. The number of aryl methyl sites for hydroxylation is 1. The number of carboxylic acids is 1. The van der Waals surface area contributed by atoms with Gasteiger partial charge < -0.3 is 5.11 Å². The molecule has 2 rings (SSSR count). The lowest BCUT2D eigenvalue weighted by atomic mass is 9.88. The smallest absolute Gasteiger partial charge is 0.335 e. The van der Waals surface area contributed by atoms with Gasteiger partial charge >= 0.3 is 5.97 Å². The van der Waals surface area contributed by atoms with Gasteiger partial charge in [0.15, 0.2) is 0 Å². The summed E-state index contributed by atoms with van der Waals surface area (Å²) in [6.07, 6.45) is 23.6. The Balaban J connectivity index is 2.02. The highest BCUT2D eigenvalue weighted by molar-refractivity contribution is 5.90. The van der Waals surface area contributed by atoms with Crippen LogP contribution < -0.4 is 0 Å². The molecule has 0 spiro atoms. The van der Waals surface area contributed by atoms with Crippen molar-refractivity contribution in [2.24, 2.45) is 0 Å². The molecule has 2 bridgehead atoms. The van der Waals surface area contributed by atoms with Crippen molar-refractivity contribution in [3.63, 3.8) is 0 Å². The van der Waals surface area contributed by atoms with Crippen LogP contribution in [0.25, 0.3) is 0 Å². The van der Waals surface area contributed by atoms with Crippen LogP contribution in [0.15, 0.2) is 6.07 Å². The van der Waals surface area contributed by atoms with E-state index in [2.05, 4.69) is 6.92 Å². The van der Waals surface area contributed by atoms with Crippen LogP contribution in [-0.4, -0.2) is 11.1 Å². The van der Waals surface area contributed by atoms with E-state index in [0.29, 0.717) is 5.56 Å². The summed E-state index contributed by atoms with van der Waals surface area (Å²) in [5, 5.41) is 9.69. The van der Waals surface area contributed by atoms with Crippen molar-refractivity contribution < 1.29 is 9.90 Å². The Labute approximate surface area is 179 Å². The Morgan fingerprint density at radius 2 is 1.00 bits per heavy atom. The van der Waals surface area contributed by atoms with E-state index in [9.17, 15) is 9.90 Å². The number of aromatic carboxylic acids is 1. The molecule has 0 heterocycles. The first-order valence-electron chi connectivity index (χ1n) is 12.5. The molecule has 164 valence electrons. The van der Waals surface area contributed by atoms with Crippen LogP contribution in [0.4, 0.5) is 0 Å². The number of carbonyl (C=O) groups is 1. The minimum atomic E-state index is -0.768. The summed E-state index contributed by atoms with van der Waals surface area (Å²) in [7, 11) is 0. The monoisotopic (exact) mass is 400 g/mol. The fourth-order valence-electron chi connectivity index (χ4n) is 4.98. The zero-order chi connectivity index (χ0) is 20.9. The molecule has 1 aliphatic rings. The number of benzene rings is 1. The number of hydrogen-bond acceptors (Lipinski definition) is 1. The number of fused-ring (bicyclic) bond motifs is 2. The number of hydrogen-bond donors (Lipinski definition) is 1. The second-order valence-electron chi connectivity index (χ2n) is 9.27. The summed E-state index contributed by atoms with van der Waals surface area (Å²) >= 11 is 0. The molecule has 1 aromatic carbocycles. The van der Waals surface area contributed by atoms with E-state index < -0.39 is 5.97 Å². The quantitative estimate of drug-likeness (QED) is 0.514. The summed E-state index contributed by atoms with van der Waals surface area (Å²) < 4.78 is 0. The molecular weight excluding hydrogens is 356 g/mol. The molecule has 0 fully saturated rings. The van der Waals surface area contributed by atoms with E-state index in [1.54, 1.807) is 0 Å². The Kier molecular flexibility index (Phi) is 11.4. The molecule has 0 radical (unpaired) electrons. The predicted octanol–water partition coefficient (Wildman–Crippen LogP) is 8.34. The second kappa shape index (κ2) is 13.8. The molecule has 0 unspecified atom stereocenters. The average Bonchev–Trinajstić information content (AvgIpc) is 2.69. The molecule has 0 saturated heterocycles. The first kappa shape index (κ1) is 24.0. The van der Waals surface area contributed by atoms with Gasteiger partial charge in [-0.3, -0.25) is 0 Å². The van der Waals surface area contributed by atoms with Crippen molar-refractivity contribution in [3.8, 4) is 0 Å². The van der Waals surface area contributed by atoms with Crippen molar-refractivity contribution in [2.45, 2.75) is 129 Å². The third-order valence-corrected chi connectivity index (χ3v) is 6.96. The minimum absolute atomic E-state index is 0.527. The van der Waals surface area contributed by atoms with Gasteiger partial charge in [0, 0.05) is 0 Å². The third kappa shape index (κ3) is 8.52. The second-order valence-corrected chi connectivity index (χ2v) is 9.27. The highest BCUT2D eigenvalue weighted by Gasteiger charge is 2.16. The molecular formula is C27H44O2. The van der Waals surface area contributed by atoms with Crippen LogP contribution >= 0.6 is 0 Å². The Morgan fingerprint density at radius 3 is 1.41 bits per heavy atom. The first-order valence-corrected chi connectivity index (χ1v) is 12.5. The molecule has 1 aromatic rings. The zero-order valence-corrected chi connectivity index (χ0v) is 19.2. The minimum Gasteiger partial charge on any atom is -0.478 e. The molecule has 29 heavy (non-hydrogen) atoms. The van der Waals surface area contributed by atoms with Crippen LogP contribution in [0.5, 0.6) is 0 Å². The van der Waals surface area contributed by atoms with Crippen molar-refractivity contribution in [3.05, 3.63) is 33.9 Å². The van der Waals surface area contributed by atoms with Crippen LogP contribution in [0.1, 0.15) is 135 Å². The van der Waals surface area contributed by atoms with Gasteiger partial charge in [0.05, 0.1) is 5.56 Å². The lowest BCUT2D eigenvalue weighted by Crippen LogP contribution is -2.08. The standard InChI is InChI=1S/C27H44O2/c1-22-24-19-17-15-13-11-9-7-5-3-4-6-8-10-12-14-16-18-20-25(22)23(2)26(21-24)27(28)29/h21H,3-20H2,1-2H3,(H,28,29). The molecule has 1 aliphatic carbocycles. The van der Waals surface area contributed by atoms with Crippen molar-refractivity contribution in [2.75, 3.05) is 0 Å². The third-order valence-electron chi connectivity index (χ3n) is 6.96. The Hall–Kier alpha value is -1.31. The van der Waals surface area contributed by atoms with Crippen molar-refractivity contribution >= 4 is 5.97 Å². The highest BCUT2D eigenvalue weighted by atomic mass is 16.4. The maximum Gasteiger partial charge on any atom is 0.335 e. The largest absolute Gasteiger partial charge is 0.478 e. The van der Waals surface area contributed by atoms with Gasteiger partial charge in [-0.05, 0) is 67.9 Å². The predicted molar refractivity (Wildman–Crippen MR) is 124 cm³/mol. The molecule has 0 amide bonds. The molecule has 1 N–H and O–H groups in total. The van der Waals surface area contributed by atoms with Crippen LogP contribution in [0.3, 0.4) is 0 Å². The maximum absolute atomic E-state index is 11.8. The molecule has 0 atom stereocenters. The van der Waals surface area contributed by atoms with Gasteiger partial charge in [-0.1, -0.05) is 89.9 Å². The van der Waals surface area contributed by atoms with Crippen LogP contribution in [-0.2, 0) is 12.8 Å². The van der Waals surface area contributed by atoms with Gasteiger partial charge in [0.1, 0.15) is 0 Å². The van der Waals surface area contributed by atoms with E-state index in [-0.39, 0.29) is 0 Å². The molecule has 0 aliphatic heterocycles. The Morgan fingerprint density at radius 1 is 0.621 bits per heavy atom. The lowest BCUT2D eigenvalue weighted by Gasteiger charge is -2.17. The molecule has 2 heteroatoms. The van der Waals surface area contributed by atoms with Crippen molar-refractivity contribution in [1.29, 1.82) is 0 Å². The zero-order valence-electron chi connectivity index (χ0n) is 19.2. The summed E-state index contributed by atoms with van der Waals surface area (Å²) in [6, 6.07) is 1.96. The summed E-state index contributed by atoms with van der Waals surface area (Å²) in [4.78, 5) is 11.8. The topological polar surface area (TPSA) is 37.3 Å². The van der Waals surface area contributed by atoms with E-state index in [1.807, 2.05) is 13.0 Å². The van der Waals surface area contributed by atoms with Gasteiger partial charge in [-0.2, -0.15) is 0 Å². The van der Waals surface area contributed by atoms with Gasteiger partial charge in [0.2, 0.25) is 0 Å². The van der Waals surface area contributed by atoms with Crippen molar-refractivity contribution in [1.82, 2.24) is 0 Å². The SMILES string of the molecule is Cc1c2cc(C(=O)O)c(C)c1CCCCCCCCCCCCCCCCCC2. The first-order chi connectivity index (χ1) is 14.1. The van der Waals surface area contributed by atoms with E-state index in [4.69, 9.17) is 0 Å². The fraction of sp³-hybridized carbons (Fsp3) is 0.741. The van der Waals surface area contributed by atoms with Gasteiger partial charge in [0.25, 0.3) is 0 Å².